The maximum atomic E-state index is 12.3. The number of carbonyl (C=O) groups is 1. The van der Waals surface area contributed by atoms with E-state index in [1.165, 1.54) is 0 Å². The fraction of sp³-hybridized carbons (Fsp3) is 0.538. The number of amides is 1. The number of rotatable bonds is 4. The maximum Gasteiger partial charge on any atom is 0.255 e. The predicted molar refractivity (Wildman–Crippen MR) is 70.6 cm³/mol. The Morgan fingerprint density at radius 1 is 1.41 bits per heavy atom. The van der Waals surface area contributed by atoms with Gasteiger partial charge in [0.05, 0.1) is 11.3 Å². The van der Waals surface area contributed by atoms with Crippen LogP contribution < -0.4 is 0 Å². The third kappa shape index (κ3) is 3.43. The zero-order valence-electron chi connectivity index (χ0n) is 10.8. The first-order valence-electron chi connectivity index (χ1n) is 5.78. The Balaban J connectivity index is 3.01. The van der Waals surface area contributed by atoms with Crippen LogP contribution in [0.3, 0.4) is 0 Å². The van der Waals surface area contributed by atoms with E-state index >= 15 is 0 Å². The minimum Gasteiger partial charge on any atom is -0.335 e. The van der Waals surface area contributed by atoms with Gasteiger partial charge in [0.2, 0.25) is 0 Å². The molecule has 1 aromatic heterocycles. The highest BCUT2D eigenvalue weighted by Gasteiger charge is 2.20. The molecular weight excluding hydrogens is 236 g/mol. The van der Waals surface area contributed by atoms with E-state index in [1.54, 1.807) is 4.90 Å². The molecule has 3 nitrogen and oxygen atoms in total. The highest BCUT2D eigenvalue weighted by atomic mass is 35.5. The first-order chi connectivity index (χ1) is 7.97. The van der Waals surface area contributed by atoms with Crippen LogP contribution in [-0.2, 0) is 0 Å². The summed E-state index contributed by atoms with van der Waals surface area (Å²) >= 11 is 5.73. The van der Waals surface area contributed by atoms with E-state index in [0.717, 1.165) is 11.4 Å². The van der Waals surface area contributed by atoms with E-state index in [0.29, 0.717) is 18.0 Å². The number of aryl methyl sites for hydroxylation is 2. The van der Waals surface area contributed by atoms with E-state index in [1.807, 2.05) is 39.8 Å². The smallest absolute Gasteiger partial charge is 0.255 e. The van der Waals surface area contributed by atoms with Crippen molar-refractivity contribution in [2.24, 2.45) is 0 Å². The second-order valence-electron chi connectivity index (χ2n) is 4.37. The van der Waals surface area contributed by atoms with Crippen LogP contribution in [0.15, 0.2) is 12.1 Å². The number of pyridine rings is 1. The molecule has 4 heteroatoms. The quantitative estimate of drug-likeness (QED) is 0.774. The molecule has 1 rings (SSSR count). The van der Waals surface area contributed by atoms with Gasteiger partial charge in [0.1, 0.15) is 0 Å². The van der Waals surface area contributed by atoms with Gasteiger partial charge in [-0.1, -0.05) is 0 Å². The summed E-state index contributed by atoms with van der Waals surface area (Å²) in [6, 6.07) is 3.84. The summed E-state index contributed by atoms with van der Waals surface area (Å²) in [5, 5.41) is 0. The Morgan fingerprint density at radius 2 is 2.06 bits per heavy atom. The second kappa shape index (κ2) is 6.01. The summed E-state index contributed by atoms with van der Waals surface area (Å²) in [4.78, 5) is 18.4. The van der Waals surface area contributed by atoms with E-state index in [4.69, 9.17) is 11.6 Å². The highest BCUT2D eigenvalue weighted by molar-refractivity contribution is 6.18. The second-order valence-corrected chi connectivity index (χ2v) is 4.74. The predicted octanol–water partition coefficient (Wildman–Crippen LogP) is 2.79. The summed E-state index contributed by atoms with van der Waals surface area (Å²) in [7, 11) is 0. The van der Waals surface area contributed by atoms with Crippen molar-refractivity contribution < 1.29 is 4.79 Å². The van der Waals surface area contributed by atoms with Gasteiger partial charge in [0.25, 0.3) is 5.91 Å². The Morgan fingerprint density at radius 3 is 2.53 bits per heavy atom. The van der Waals surface area contributed by atoms with Crippen LogP contribution in [0.5, 0.6) is 0 Å². The molecule has 0 aliphatic rings. The highest BCUT2D eigenvalue weighted by Crippen LogP contribution is 2.12. The third-order valence-electron chi connectivity index (χ3n) is 2.67. The monoisotopic (exact) mass is 254 g/mol. The minimum atomic E-state index is 0.00523. The van der Waals surface area contributed by atoms with Crippen molar-refractivity contribution in [2.75, 3.05) is 12.4 Å². The topological polar surface area (TPSA) is 33.2 Å². The van der Waals surface area contributed by atoms with Crippen LogP contribution in [0.25, 0.3) is 0 Å². The van der Waals surface area contributed by atoms with Crippen molar-refractivity contribution in [3.8, 4) is 0 Å². The molecule has 0 bridgehead atoms. The molecule has 0 radical (unpaired) electrons. The molecule has 0 atom stereocenters. The Kier molecular flexibility index (Phi) is 4.94. The SMILES string of the molecule is Cc1ccc(C(=O)N(CCCl)C(C)C)c(C)n1. The van der Waals surface area contributed by atoms with Gasteiger partial charge < -0.3 is 4.90 Å². The Hall–Kier alpha value is -1.09. The maximum absolute atomic E-state index is 12.3. The molecule has 0 aromatic carbocycles. The van der Waals surface area contributed by atoms with Crippen molar-refractivity contribution in [2.45, 2.75) is 33.7 Å². The van der Waals surface area contributed by atoms with Crippen molar-refractivity contribution in [1.29, 1.82) is 0 Å². The Bertz CT molecular complexity index is 404. The largest absolute Gasteiger partial charge is 0.335 e. The molecule has 1 aromatic rings. The van der Waals surface area contributed by atoms with Gasteiger partial charge in [-0.2, -0.15) is 0 Å². The van der Waals surface area contributed by atoms with E-state index in [2.05, 4.69) is 4.98 Å². The number of aromatic nitrogens is 1. The molecule has 0 aliphatic heterocycles. The molecule has 17 heavy (non-hydrogen) atoms. The normalized spacial score (nSPS) is 10.7. The average molecular weight is 255 g/mol. The van der Waals surface area contributed by atoms with Crippen LogP contribution in [0.1, 0.15) is 35.6 Å². The van der Waals surface area contributed by atoms with Crippen LogP contribution in [-0.4, -0.2) is 34.3 Å². The van der Waals surface area contributed by atoms with E-state index in [9.17, 15) is 4.79 Å². The third-order valence-corrected chi connectivity index (χ3v) is 2.83. The van der Waals surface area contributed by atoms with Gasteiger partial charge in [-0.15, -0.1) is 11.6 Å². The van der Waals surface area contributed by atoms with E-state index in [-0.39, 0.29) is 11.9 Å². The van der Waals surface area contributed by atoms with Gasteiger partial charge in [-0.05, 0) is 39.8 Å². The summed E-state index contributed by atoms with van der Waals surface area (Å²) in [6.07, 6.45) is 0. The van der Waals surface area contributed by atoms with Crippen molar-refractivity contribution >= 4 is 17.5 Å². The Labute approximate surface area is 108 Å². The van der Waals surface area contributed by atoms with Gasteiger partial charge in [-0.25, -0.2) is 0 Å². The molecule has 1 heterocycles. The molecule has 0 saturated heterocycles. The van der Waals surface area contributed by atoms with Crippen molar-refractivity contribution in [3.05, 3.63) is 29.1 Å². The van der Waals surface area contributed by atoms with Crippen molar-refractivity contribution in [3.63, 3.8) is 0 Å². The fourth-order valence-electron chi connectivity index (χ4n) is 1.75. The number of nitrogens with zero attached hydrogens (tertiary/aromatic N) is 2. The molecular formula is C13H19ClN2O. The lowest BCUT2D eigenvalue weighted by molar-refractivity contribution is 0.0717. The summed E-state index contributed by atoms with van der Waals surface area (Å²) < 4.78 is 0. The number of carbonyl (C=O) groups excluding carboxylic acids is 1. The minimum absolute atomic E-state index is 0.00523. The van der Waals surface area contributed by atoms with Crippen LogP contribution >= 0.6 is 11.6 Å². The number of alkyl halides is 1. The molecule has 0 unspecified atom stereocenters. The summed E-state index contributed by atoms with van der Waals surface area (Å²) in [6.45, 7) is 8.31. The zero-order valence-corrected chi connectivity index (χ0v) is 11.6. The molecule has 0 spiro atoms. The van der Waals surface area contributed by atoms with Crippen molar-refractivity contribution in [1.82, 2.24) is 9.88 Å². The molecule has 94 valence electrons. The average Bonchev–Trinajstić information content (AvgIpc) is 2.24. The number of hydrogen-bond donors (Lipinski definition) is 0. The lowest BCUT2D eigenvalue weighted by Crippen LogP contribution is -2.38. The standard InChI is InChI=1S/C13H19ClN2O/c1-9(2)16(8-7-14)13(17)12-6-5-10(3)15-11(12)4/h5-6,9H,7-8H2,1-4H3. The fourth-order valence-corrected chi connectivity index (χ4v) is 1.93. The molecule has 1 amide bonds. The summed E-state index contributed by atoms with van der Waals surface area (Å²) in [5.41, 5.74) is 2.36. The summed E-state index contributed by atoms with van der Waals surface area (Å²) in [5.74, 6) is 0.452. The first kappa shape index (κ1) is 14.0. The lowest BCUT2D eigenvalue weighted by Gasteiger charge is -2.26. The molecule has 0 N–H and O–H groups in total. The molecule has 0 fully saturated rings. The number of hydrogen-bond acceptors (Lipinski definition) is 2. The number of halogens is 1. The van der Waals surface area contributed by atoms with Gasteiger partial charge in [-0.3, -0.25) is 9.78 Å². The van der Waals surface area contributed by atoms with Crippen LogP contribution in [0.2, 0.25) is 0 Å². The molecule has 0 aliphatic carbocycles. The first-order valence-corrected chi connectivity index (χ1v) is 6.32. The molecule has 0 saturated carbocycles. The zero-order chi connectivity index (χ0) is 13.0. The van der Waals surface area contributed by atoms with Gasteiger partial charge in [0, 0.05) is 24.2 Å². The lowest BCUT2D eigenvalue weighted by atomic mass is 10.1. The van der Waals surface area contributed by atoms with Gasteiger partial charge >= 0.3 is 0 Å². The van der Waals surface area contributed by atoms with Crippen LogP contribution in [0, 0.1) is 13.8 Å². The van der Waals surface area contributed by atoms with E-state index < -0.39 is 0 Å². The van der Waals surface area contributed by atoms with Gasteiger partial charge in [0.15, 0.2) is 0 Å². The van der Waals surface area contributed by atoms with Crippen LogP contribution in [0.4, 0.5) is 0 Å².